The van der Waals surface area contributed by atoms with E-state index in [2.05, 4.69) is 42.5 Å². The van der Waals surface area contributed by atoms with Crippen molar-refractivity contribution < 1.29 is 0 Å². The quantitative estimate of drug-likeness (QED) is 0.840. The third-order valence-corrected chi connectivity index (χ3v) is 4.47. The molecule has 2 aliphatic rings. The lowest BCUT2D eigenvalue weighted by Crippen LogP contribution is -2.00. The Morgan fingerprint density at radius 2 is 1.68 bits per heavy atom. The third-order valence-electron chi connectivity index (χ3n) is 4.47. The molecule has 0 radical (unpaired) electrons. The zero-order valence-corrected chi connectivity index (χ0v) is 11.6. The predicted octanol–water partition coefficient (Wildman–Crippen LogP) is 3.74. The molecule has 4 rings (SSSR count). The molecule has 0 saturated heterocycles. The number of benzene rings is 2. The molecular weight excluding hydrogens is 254 g/mol. The Kier molecular flexibility index (Phi) is 3.12. The van der Waals surface area contributed by atoms with E-state index in [1.807, 2.05) is 0 Å². The van der Waals surface area contributed by atoms with E-state index < -0.39 is 0 Å². The van der Waals surface area contributed by atoms with Crippen molar-refractivity contribution >= 4 is 12.4 Å². The Labute approximate surface area is 120 Å². The van der Waals surface area contributed by atoms with E-state index in [0.717, 1.165) is 18.3 Å². The second-order valence-corrected chi connectivity index (χ2v) is 5.56. The first-order valence-corrected chi connectivity index (χ1v) is 6.76. The summed E-state index contributed by atoms with van der Waals surface area (Å²) >= 11 is 0. The molecule has 2 heteroatoms. The number of nitrogens with two attached hydrogens (primary N) is 1. The average Bonchev–Trinajstić information content (AvgIpc) is 3.19. The van der Waals surface area contributed by atoms with Gasteiger partial charge in [0.25, 0.3) is 0 Å². The van der Waals surface area contributed by atoms with E-state index in [1.54, 1.807) is 11.1 Å². The van der Waals surface area contributed by atoms with Gasteiger partial charge in [-0.1, -0.05) is 42.5 Å². The summed E-state index contributed by atoms with van der Waals surface area (Å²) in [6.07, 6.45) is 2.40. The summed E-state index contributed by atoms with van der Waals surface area (Å²) in [6, 6.07) is 15.8. The number of rotatable bonds is 1. The van der Waals surface area contributed by atoms with Crippen molar-refractivity contribution in [3.63, 3.8) is 0 Å². The molecule has 0 aliphatic heterocycles. The summed E-state index contributed by atoms with van der Waals surface area (Å²) in [5, 5.41) is 0. The fourth-order valence-electron chi connectivity index (χ4n) is 3.45. The minimum absolute atomic E-state index is 0. The molecule has 1 saturated carbocycles. The summed E-state index contributed by atoms with van der Waals surface area (Å²) < 4.78 is 0. The standard InChI is InChI=1S/C17H17N.ClH/c18-10-11-5-6-15-13(7-11)8-12-3-1-2-4-14(12)16-9-17(15)16;/h1-7,16-17H,8-10,18H2;1H. The molecule has 0 heterocycles. The maximum absolute atomic E-state index is 5.76. The maximum Gasteiger partial charge on any atom is 0.0178 e. The van der Waals surface area contributed by atoms with Crippen molar-refractivity contribution in [1.29, 1.82) is 0 Å². The lowest BCUT2D eigenvalue weighted by molar-refractivity contribution is 1.01. The highest BCUT2D eigenvalue weighted by Gasteiger charge is 2.43. The molecule has 2 unspecified atom stereocenters. The lowest BCUT2D eigenvalue weighted by atomic mass is 9.96. The average molecular weight is 272 g/mol. The molecule has 2 aromatic rings. The topological polar surface area (TPSA) is 26.0 Å². The van der Waals surface area contributed by atoms with Gasteiger partial charge in [-0.25, -0.2) is 0 Å². The first kappa shape index (κ1) is 12.7. The van der Waals surface area contributed by atoms with Crippen molar-refractivity contribution in [2.45, 2.75) is 31.2 Å². The Morgan fingerprint density at radius 3 is 2.47 bits per heavy atom. The van der Waals surface area contributed by atoms with Crippen molar-refractivity contribution in [2.75, 3.05) is 0 Å². The lowest BCUT2D eigenvalue weighted by Gasteiger charge is -2.10. The Hall–Kier alpha value is -1.31. The number of halogens is 1. The van der Waals surface area contributed by atoms with Gasteiger partial charge in [0.15, 0.2) is 0 Å². The second-order valence-electron chi connectivity index (χ2n) is 5.56. The highest BCUT2D eigenvalue weighted by atomic mass is 35.5. The van der Waals surface area contributed by atoms with Crippen LogP contribution in [0.2, 0.25) is 0 Å². The first-order valence-electron chi connectivity index (χ1n) is 6.76. The minimum Gasteiger partial charge on any atom is -0.326 e. The molecule has 98 valence electrons. The zero-order valence-electron chi connectivity index (χ0n) is 10.8. The van der Waals surface area contributed by atoms with Crippen molar-refractivity contribution in [2.24, 2.45) is 5.73 Å². The molecule has 2 N–H and O–H groups in total. The van der Waals surface area contributed by atoms with Crippen LogP contribution in [0.15, 0.2) is 42.5 Å². The van der Waals surface area contributed by atoms with E-state index in [1.165, 1.54) is 23.1 Å². The fraction of sp³-hybridized carbons (Fsp3) is 0.294. The Bertz CT molecular complexity index is 620. The molecule has 0 spiro atoms. The van der Waals surface area contributed by atoms with Gasteiger partial charge >= 0.3 is 0 Å². The van der Waals surface area contributed by atoms with Crippen LogP contribution in [0.1, 0.15) is 46.1 Å². The van der Waals surface area contributed by atoms with E-state index >= 15 is 0 Å². The molecular formula is C17H18ClN. The summed E-state index contributed by atoms with van der Waals surface area (Å²) in [4.78, 5) is 0. The van der Waals surface area contributed by atoms with Gasteiger partial charge < -0.3 is 5.73 Å². The van der Waals surface area contributed by atoms with Gasteiger partial charge in [-0.3, -0.25) is 0 Å². The second kappa shape index (κ2) is 4.66. The van der Waals surface area contributed by atoms with Gasteiger partial charge in [-0.05, 0) is 52.5 Å². The van der Waals surface area contributed by atoms with Crippen LogP contribution in [-0.4, -0.2) is 0 Å². The van der Waals surface area contributed by atoms with Crippen LogP contribution in [0.3, 0.4) is 0 Å². The summed E-state index contributed by atoms with van der Waals surface area (Å²) in [6.45, 7) is 0.642. The SMILES string of the molecule is Cl.NCc1ccc2c(c1)Cc1ccccc1C1CC21. The molecule has 19 heavy (non-hydrogen) atoms. The normalized spacial score (nSPS) is 22.4. The largest absolute Gasteiger partial charge is 0.326 e. The van der Waals surface area contributed by atoms with Crippen LogP contribution in [0, 0.1) is 0 Å². The molecule has 2 aliphatic carbocycles. The number of hydrogen-bond acceptors (Lipinski definition) is 1. The third kappa shape index (κ3) is 1.98. The zero-order chi connectivity index (χ0) is 12.1. The fourth-order valence-corrected chi connectivity index (χ4v) is 3.45. The molecule has 2 aromatic carbocycles. The Morgan fingerprint density at radius 1 is 0.947 bits per heavy atom. The predicted molar refractivity (Wildman–Crippen MR) is 80.9 cm³/mol. The van der Waals surface area contributed by atoms with Crippen LogP contribution in [-0.2, 0) is 13.0 Å². The summed E-state index contributed by atoms with van der Waals surface area (Å²) in [7, 11) is 0. The van der Waals surface area contributed by atoms with Crippen LogP contribution in [0.4, 0.5) is 0 Å². The highest BCUT2D eigenvalue weighted by molar-refractivity contribution is 5.85. The van der Waals surface area contributed by atoms with Crippen LogP contribution >= 0.6 is 12.4 Å². The van der Waals surface area contributed by atoms with Gasteiger partial charge in [0.05, 0.1) is 0 Å². The molecule has 0 aromatic heterocycles. The molecule has 0 amide bonds. The number of hydrogen-bond donors (Lipinski definition) is 1. The van der Waals surface area contributed by atoms with Crippen LogP contribution in [0.25, 0.3) is 0 Å². The van der Waals surface area contributed by atoms with Crippen LogP contribution in [0.5, 0.6) is 0 Å². The van der Waals surface area contributed by atoms with Crippen LogP contribution < -0.4 is 5.73 Å². The van der Waals surface area contributed by atoms with Crippen molar-refractivity contribution in [1.82, 2.24) is 0 Å². The Balaban J connectivity index is 0.00000110. The van der Waals surface area contributed by atoms with E-state index in [-0.39, 0.29) is 12.4 Å². The first-order chi connectivity index (χ1) is 8.86. The van der Waals surface area contributed by atoms with Gasteiger partial charge in [0, 0.05) is 6.54 Å². The summed E-state index contributed by atoms with van der Waals surface area (Å²) in [5.41, 5.74) is 13.2. The smallest absolute Gasteiger partial charge is 0.0178 e. The van der Waals surface area contributed by atoms with Gasteiger partial charge in [0.2, 0.25) is 0 Å². The highest BCUT2D eigenvalue weighted by Crippen LogP contribution is 2.58. The van der Waals surface area contributed by atoms with E-state index in [0.29, 0.717) is 6.54 Å². The number of fused-ring (bicyclic) bond motifs is 5. The molecule has 1 nitrogen and oxygen atoms in total. The van der Waals surface area contributed by atoms with E-state index in [9.17, 15) is 0 Å². The molecule has 1 fully saturated rings. The summed E-state index contributed by atoms with van der Waals surface area (Å²) in [5.74, 6) is 1.53. The van der Waals surface area contributed by atoms with Gasteiger partial charge in [0.1, 0.15) is 0 Å². The van der Waals surface area contributed by atoms with Crippen molar-refractivity contribution in [3.8, 4) is 0 Å². The van der Waals surface area contributed by atoms with E-state index in [4.69, 9.17) is 5.73 Å². The van der Waals surface area contributed by atoms with Gasteiger partial charge in [-0.15, -0.1) is 12.4 Å². The van der Waals surface area contributed by atoms with Gasteiger partial charge in [-0.2, -0.15) is 0 Å². The minimum atomic E-state index is 0. The molecule has 2 atom stereocenters. The maximum atomic E-state index is 5.76. The van der Waals surface area contributed by atoms with Crippen molar-refractivity contribution in [3.05, 3.63) is 70.3 Å². The monoisotopic (exact) mass is 271 g/mol. The molecule has 0 bridgehead atoms.